The normalized spacial score (nSPS) is 30.6. The number of phosphoric acid groups is 3. The average Bonchev–Trinajstić information content (AvgIpc) is 2.83. The maximum atomic E-state index is 12.0. The van der Waals surface area contributed by atoms with E-state index in [2.05, 4.69) is 13.1 Å². The van der Waals surface area contributed by atoms with Gasteiger partial charge in [0.2, 0.25) is 0 Å². The van der Waals surface area contributed by atoms with Crippen LogP contribution in [0.3, 0.4) is 0 Å². The van der Waals surface area contributed by atoms with Gasteiger partial charge < -0.3 is 29.4 Å². The smallest absolute Gasteiger partial charge is 0.386 e. The number of aliphatic hydroxyl groups excluding tert-OH is 1. The molecule has 0 amide bonds. The monoisotopic (exact) mass is 530 g/mol. The summed E-state index contributed by atoms with van der Waals surface area (Å²) in [4.78, 5) is 59.1. The van der Waals surface area contributed by atoms with Crippen molar-refractivity contribution in [2.24, 2.45) is 0 Å². The summed E-state index contributed by atoms with van der Waals surface area (Å²) < 4.78 is 51.9. The van der Waals surface area contributed by atoms with Crippen LogP contribution in [0.4, 0.5) is 0 Å². The number of nitrogens with one attached hydrogen (secondary N) is 1. The quantitative estimate of drug-likeness (QED) is 0.171. The lowest BCUT2D eigenvalue weighted by Crippen LogP contribution is -2.53. The standard InChI is InChI=1S/C11H18ClN2O14P3/c1-2-10(5-26-30(21,22)28-31(23,24)27-29(18,19)20)8(16)11(12,6-25-10)14-4-3-7(15)13-9(14)17/h3-4,8,16H,2,5-6H2,1H3,(H,21,22)(H,23,24)(H,13,15,17)(H2,18,19,20)/t8-,10-,11+/m1/s1. The van der Waals surface area contributed by atoms with E-state index >= 15 is 0 Å². The molecule has 178 valence electrons. The second-order valence-corrected chi connectivity index (χ2v) is 11.3. The Labute approximate surface area is 177 Å². The molecule has 0 aliphatic carbocycles. The van der Waals surface area contributed by atoms with Crippen LogP contribution < -0.4 is 11.2 Å². The first-order chi connectivity index (χ1) is 14.0. The van der Waals surface area contributed by atoms with Gasteiger partial charge in [-0.05, 0) is 6.42 Å². The molecular formula is C11H18ClN2O14P3. The molecule has 0 radical (unpaired) electrons. The van der Waals surface area contributed by atoms with E-state index in [1.807, 2.05) is 4.98 Å². The highest BCUT2D eigenvalue weighted by atomic mass is 35.5. The van der Waals surface area contributed by atoms with E-state index in [1.54, 1.807) is 0 Å². The number of aliphatic hydroxyl groups is 1. The molecule has 1 aliphatic rings. The summed E-state index contributed by atoms with van der Waals surface area (Å²) in [6.07, 6.45) is -0.923. The van der Waals surface area contributed by atoms with Crippen molar-refractivity contribution in [1.82, 2.24) is 9.55 Å². The van der Waals surface area contributed by atoms with Crippen LogP contribution in [0.15, 0.2) is 21.9 Å². The van der Waals surface area contributed by atoms with Crippen LogP contribution in [0.5, 0.6) is 0 Å². The zero-order valence-corrected chi connectivity index (χ0v) is 18.9. The van der Waals surface area contributed by atoms with Gasteiger partial charge in [-0.2, -0.15) is 8.62 Å². The van der Waals surface area contributed by atoms with E-state index in [9.17, 15) is 38.2 Å². The van der Waals surface area contributed by atoms with Gasteiger partial charge in [0, 0.05) is 12.3 Å². The van der Waals surface area contributed by atoms with Crippen LogP contribution >= 0.6 is 35.1 Å². The Balaban J connectivity index is 2.22. The highest BCUT2D eigenvalue weighted by molar-refractivity contribution is 7.66. The summed E-state index contributed by atoms with van der Waals surface area (Å²) in [5.41, 5.74) is -3.56. The van der Waals surface area contributed by atoms with Crippen molar-refractivity contribution in [3.8, 4) is 0 Å². The van der Waals surface area contributed by atoms with Crippen molar-refractivity contribution >= 4 is 35.1 Å². The molecule has 0 aromatic carbocycles. The molecule has 6 N–H and O–H groups in total. The fourth-order valence-electron chi connectivity index (χ4n) is 2.73. The van der Waals surface area contributed by atoms with Crippen LogP contribution in [0.2, 0.25) is 0 Å². The lowest BCUT2D eigenvalue weighted by atomic mass is 9.92. The van der Waals surface area contributed by atoms with Crippen LogP contribution in [0, 0.1) is 0 Å². The number of aromatic amines is 1. The van der Waals surface area contributed by atoms with Crippen molar-refractivity contribution in [3.05, 3.63) is 33.1 Å². The Morgan fingerprint density at radius 1 is 1.23 bits per heavy atom. The fourth-order valence-corrected chi connectivity index (χ4v) is 6.19. The van der Waals surface area contributed by atoms with Crippen molar-refractivity contribution in [3.63, 3.8) is 0 Å². The van der Waals surface area contributed by atoms with Crippen LogP contribution in [0.1, 0.15) is 13.3 Å². The third-order valence-electron chi connectivity index (χ3n) is 4.19. The largest absolute Gasteiger partial charge is 0.490 e. The molecule has 1 aromatic heterocycles. The van der Waals surface area contributed by atoms with Crippen molar-refractivity contribution in [2.45, 2.75) is 30.0 Å². The lowest BCUT2D eigenvalue weighted by molar-refractivity contribution is -0.0924. The van der Waals surface area contributed by atoms with E-state index in [1.165, 1.54) is 6.92 Å². The van der Waals surface area contributed by atoms with Gasteiger partial charge in [-0.15, -0.1) is 0 Å². The first-order valence-corrected chi connectivity index (χ1v) is 13.0. The second kappa shape index (κ2) is 8.92. The Morgan fingerprint density at radius 3 is 2.35 bits per heavy atom. The lowest BCUT2D eigenvalue weighted by Gasteiger charge is -2.34. The van der Waals surface area contributed by atoms with Crippen LogP contribution in [-0.2, 0) is 36.6 Å². The van der Waals surface area contributed by atoms with Gasteiger partial charge in [0.15, 0.2) is 5.00 Å². The Bertz CT molecular complexity index is 1080. The molecular weight excluding hydrogens is 512 g/mol. The maximum Gasteiger partial charge on any atom is 0.490 e. The van der Waals surface area contributed by atoms with Crippen LogP contribution in [-0.4, -0.2) is 59.2 Å². The molecule has 2 rings (SSSR count). The molecule has 0 saturated carbocycles. The van der Waals surface area contributed by atoms with E-state index in [0.29, 0.717) is 0 Å². The number of alkyl halides is 1. The van der Waals surface area contributed by atoms with Crippen molar-refractivity contribution < 1.29 is 56.3 Å². The molecule has 2 unspecified atom stereocenters. The molecule has 0 bridgehead atoms. The number of aromatic nitrogens is 2. The van der Waals surface area contributed by atoms with E-state index in [0.717, 1.165) is 16.8 Å². The van der Waals surface area contributed by atoms with Gasteiger partial charge in [0.25, 0.3) is 5.56 Å². The van der Waals surface area contributed by atoms with E-state index in [-0.39, 0.29) is 6.42 Å². The number of rotatable bonds is 9. The van der Waals surface area contributed by atoms with Gasteiger partial charge in [0.05, 0.1) is 13.2 Å². The summed E-state index contributed by atoms with van der Waals surface area (Å²) in [5.74, 6) is 0. The van der Waals surface area contributed by atoms with Gasteiger partial charge >= 0.3 is 29.2 Å². The molecule has 5 atom stereocenters. The number of ether oxygens (including phenoxy) is 1. The van der Waals surface area contributed by atoms with Crippen molar-refractivity contribution in [2.75, 3.05) is 13.2 Å². The topological polar surface area (TPSA) is 244 Å². The number of hydrogen-bond donors (Lipinski definition) is 6. The summed E-state index contributed by atoms with van der Waals surface area (Å²) in [5, 5.41) is 10.8. The molecule has 0 spiro atoms. The molecule has 2 heterocycles. The van der Waals surface area contributed by atoms with Gasteiger partial charge in [-0.1, -0.05) is 18.5 Å². The maximum absolute atomic E-state index is 12.0. The molecule has 1 aromatic rings. The molecule has 1 aliphatic heterocycles. The fraction of sp³-hybridized carbons (Fsp3) is 0.636. The summed E-state index contributed by atoms with van der Waals surface area (Å²) in [6, 6.07) is 0.955. The summed E-state index contributed by atoms with van der Waals surface area (Å²) >= 11 is 6.35. The Kier molecular flexibility index (Phi) is 7.64. The SMILES string of the molecule is CC[C@]1(COP(=O)(O)OP(=O)(O)OP(=O)(O)O)OC[C@](Cl)(n2ccc(=O)[nH]c2=O)[C@@H]1O. The molecule has 1 saturated heterocycles. The summed E-state index contributed by atoms with van der Waals surface area (Å²) in [6.45, 7) is -0.0714. The predicted octanol–water partition coefficient (Wildman–Crippen LogP) is -0.689. The van der Waals surface area contributed by atoms with E-state index < -0.39 is 64.6 Å². The zero-order chi connectivity index (χ0) is 23.9. The Hall–Kier alpha value is -0.700. The number of hydrogen-bond acceptors (Lipinski definition) is 10. The average molecular weight is 531 g/mol. The predicted molar refractivity (Wildman–Crippen MR) is 99.9 cm³/mol. The third kappa shape index (κ3) is 6.21. The first-order valence-electron chi connectivity index (χ1n) is 8.07. The first kappa shape index (κ1) is 26.6. The number of nitrogens with zero attached hydrogens (tertiary/aromatic N) is 1. The highest BCUT2D eigenvalue weighted by Crippen LogP contribution is 2.66. The number of H-pyrrole nitrogens is 1. The second-order valence-electron chi connectivity index (χ2n) is 6.27. The molecule has 31 heavy (non-hydrogen) atoms. The van der Waals surface area contributed by atoms with Gasteiger partial charge in [0.1, 0.15) is 11.7 Å². The van der Waals surface area contributed by atoms with Crippen LogP contribution in [0.25, 0.3) is 0 Å². The zero-order valence-electron chi connectivity index (χ0n) is 15.4. The molecule has 16 nitrogen and oxygen atoms in total. The highest BCUT2D eigenvalue weighted by Gasteiger charge is 2.59. The van der Waals surface area contributed by atoms with Crippen molar-refractivity contribution in [1.29, 1.82) is 0 Å². The number of phosphoric ester groups is 1. The Morgan fingerprint density at radius 2 is 1.84 bits per heavy atom. The minimum absolute atomic E-state index is 0.128. The summed E-state index contributed by atoms with van der Waals surface area (Å²) in [7, 11) is -16.8. The minimum Gasteiger partial charge on any atom is -0.386 e. The molecule has 20 heteroatoms. The van der Waals surface area contributed by atoms with Gasteiger partial charge in [-0.3, -0.25) is 18.9 Å². The number of halogens is 1. The van der Waals surface area contributed by atoms with E-state index in [4.69, 9.17) is 26.1 Å². The minimum atomic E-state index is -5.74. The van der Waals surface area contributed by atoms with Gasteiger partial charge in [-0.25, -0.2) is 18.5 Å². The third-order valence-corrected chi connectivity index (χ3v) is 8.47. The molecule has 1 fully saturated rings.